The molecule has 2 nitrogen and oxygen atoms in total. The van der Waals surface area contributed by atoms with E-state index in [0.717, 1.165) is 56.4 Å². The van der Waals surface area contributed by atoms with Crippen molar-refractivity contribution in [3.8, 4) is 11.3 Å². The maximum Gasteiger partial charge on any atom is 0.159 e. The van der Waals surface area contributed by atoms with Crippen LogP contribution in [0.25, 0.3) is 11.3 Å². The molecule has 6 heteroatoms. The lowest BCUT2D eigenvalue weighted by Gasteiger charge is -2.34. The molecule has 0 saturated carbocycles. The molecule has 196 valence electrons. The van der Waals surface area contributed by atoms with Crippen LogP contribution in [-0.2, 0) is 25.8 Å². The van der Waals surface area contributed by atoms with Gasteiger partial charge in [0.05, 0.1) is 12.2 Å². The van der Waals surface area contributed by atoms with Crippen molar-refractivity contribution in [2.45, 2.75) is 71.2 Å². The van der Waals surface area contributed by atoms with Crippen molar-refractivity contribution in [2.24, 2.45) is 10.8 Å². The van der Waals surface area contributed by atoms with Gasteiger partial charge in [0, 0.05) is 27.0 Å². The molecule has 1 aromatic heterocycles. The van der Waals surface area contributed by atoms with Crippen LogP contribution in [0, 0.1) is 22.5 Å². The summed E-state index contributed by atoms with van der Waals surface area (Å²) in [5.41, 5.74) is 6.60. The van der Waals surface area contributed by atoms with Crippen LogP contribution in [0.5, 0.6) is 0 Å². The Morgan fingerprint density at radius 3 is 2.32 bits per heavy atom. The first kappa shape index (κ1) is 27.6. The lowest BCUT2D eigenvalue weighted by Crippen LogP contribution is -2.33. The Morgan fingerprint density at radius 1 is 1.11 bits per heavy atom. The minimum absolute atomic E-state index is 0.107. The van der Waals surface area contributed by atoms with Crippen molar-refractivity contribution in [2.75, 3.05) is 0 Å². The number of hydrogen-bond acceptors (Lipinski definition) is 4. The van der Waals surface area contributed by atoms with Crippen molar-refractivity contribution >= 4 is 24.0 Å². The molecule has 4 rings (SSSR count). The molecule has 2 aromatic carbocycles. The summed E-state index contributed by atoms with van der Waals surface area (Å²) in [5, 5.41) is 6.53. The molecule has 0 radical (unpaired) electrons. The smallest absolute Gasteiger partial charge is 0.159 e. The number of allylic oxidation sites excluding steroid dienone is 2. The van der Waals surface area contributed by atoms with E-state index in [1.54, 1.807) is 11.3 Å². The van der Waals surface area contributed by atoms with E-state index in [1.807, 2.05) is 0 Å². The molecule has 1 aliphatic carbocycles. The van der Waals surface area contributed by atoms with E-state index >= 15 is 0 Å². The van der Waals surface area contributed by atoms with Gasteiger partial charge in [-0.05, 0) is 72.4 Å². The fourth-order valence-electron chi connectivity index (χ4n) is 5.40. The number of nitrogens with zero attached hydrogens (tertiary/aromatic N) is 1. The fraction of sp³-hybridized carbons (Fsp3) is 0.387. The Labute approximate surface area is 229 Å². The fourth-order valence-corrected chi connectivity index (χ4v) is 6.52. The lowest BCUT2D eigenvalue weighted by molar-refractivity contribution is 0.325. The molecule has 37 heavy (non-hydrogen) atoms. The summed E-state index contributed by atoms with van der Waals surface area (Å²) in [6, 6.07) is 8.96. The second kappa shape index (κ2) is 10.7. The maximum atomic E-state index is 14.0. The van der Waals surface area contributed by atoms with Gasteiger partial charge in [0.1, 0.15) is 5.01 Å². The molecule has 0 aliphatic heterocycles. The van der Waals surface area contributed by atoms with Crippen LogP contribution in [0.15, 0.2) is 65.0 Å². The Bertz CT molecular complexity index is 1300. The van der Waals surface area contributed by atoms with Gasteiger partial charge in [-0.1, -0.05) is 58.6 Å². The molecule has 0 unspecified atom stereocenters. The van der Waals surface area contributed by atoms with Crippen molar-refractivity contribution < 1.29 is 8.78 Å². The number of aryl methyl sites for hydroxylation is 1. The number of hydrogen-bond donors (Lipinski definition) is 2. The van der Waals surface area contributed by atoms with Gasteiger partial charge >= 0.3 is 0 Å². The summed E-state index contributed by atoms with van der Waals surface area (Å²) in [6.45, 7) is 18.0. The Kier molecular flexibility index (Phi) is 8.01. The summed E-state index contributed by atoms with van der Waals surface area (Å²) in [7, 11) is 0. The van der Waals surface area contributed by atoms with Crippen molar-refractivity contribution in [1.29, 1.82) is 0 Å². The molecule has 0 atom stereocenters. The van der Waals surface area contributed by atoms with E-state index < -0.39 is 11.6 Å². The zero-order valence-electron chi connectivity index (χ0n) is 22.2. The Morgan fingerprint density at radius 2 is 1.76 bits per heavy atom. The Balaban J connectivity index is 1.52. The summed E-state index contributed by atoms with van der Waals surface area (Å²) >= 11 is 6.22. The quantitative estimate of drug-likeness (QED) is 0.210. The standard InChI is InChI=1S/C31H36F2N2S2/c1-7-21-8-9-22(12-28(21)36)27-18-37-29(35-27)17-34-20(3)31(14-19(2)13-30(4,5)6)15-23-10-25(32)26(33)11-24(23)16-31/h8-12,18,34,36H,2-3,7,13-17H2,1,4-6H3. The molecular formula is C31H36F2N2S2. The van der Waals surface area contributed by atoms with Gasteiger partial charge in [-0.15, -0.1) is 24.0 Å². The molecule has 1 heterocycles. The number of aromatic nitrogens is 1. The van der Waals surface area contributed by atoms with E-state index in [0.29, 0.717) is 25.8 Å². The second-order valence-electron chi connectivity index (χ2n) is 11.5. The van der Waals surface area contributed by atoms with Crippen molar-refractivity contribution in [3.63, 3.8) is 0 Å². The van der Waals surface area contributed by atoms with Crippen LogP contribution in [-0.4, -0.2) is 4.98 Å². The van der Waals surface area contributed by atoms with Gasteiger partial charge in [0.25, 0.3) is 0 Å². The number of benzene rings is 2. The Hall–Kier alpha value is -2.44. The number of halogens is 2. The van der Waals surface area contributed by atoms with Gasteiger partial charge in [-0.3, -0.25) is 0 Å². The average Bonchev–Trinajstić information content (AvgIpc) is 3.41. The number of rotatable bonds is 9. The highest BCUT2D eigenvalue weighted by Gasteiger charge is 2.41. The van der Waals surface area contributed by atoms with Gasteiger partial charge in [-0.25, -0.2) is 13.8 Å². The van der Waals surface area contributed by atoms with Gasteiger partial charge in [-0.2, -0.15) is 0 Å². The first-order valence-electron chi connectivity index (χ1n) is 12.7. The topological polar surface area (TPSA) is 24.9 Å². The molecule has 0 saturated heterocycles. The minimum Gasteiger partial charge on any atom is -0.382 e. The van der Waals surface area contributed by atoms with Crippen LogP contribution in [0.3, 0.4) is 0 Å². The summed E-state index contributed by atoms with van der Waals surface area (Å²) in [6.07, 6.45) is 3.74. The largest absolute Gasteiger partial charge is 0.382 e. The highest BCUT2D eigenvalue weighted by atomic mass is 32.1. The molecule has 1 aliphatic rings. The predicted molar refractivity (Wildman–Crippen MR) is 154 cm³/mol. The van der Waals surface area contributed by atoms with Gasteiger partial charge in [0.15, 0.2) is 11.6 Å². The number of thiazole rings is 1. The average molecular weight is 539 g/mol. The normalized spacial score (nSPS) is 14.5. The molecular weight excluding hydrogens is 502 g/mol. The second-order valence-corrected chi connectivity index (χ2v) is 12.9. The lowest BCUT2D eigenvalue weighted by atomic mass is 9.73. The summed E-state index contributed by atoms with van der Waals surface area (Å²) in [4.78, 5) is 5.81. The molecule has 0 amide bonds. The van der Waals surface area contributed by atoms with E-state index in [2.05, 4.69) is 82.4 Å². The predicted octanol–water partition coefficient (Wildman–Crippen LogP) is 8.71. The third-order valence-electron chi connectivity index (χ3n) is 7.08. The third kappa shape index (κ3) is 6.35. The van der Waals surface area contributed by atoms with Gasteiger partial charge in [0.2, 0.25) is 0 Å². The van der Waals surface area contributed by atoms with Crippen LogP contribution in [0.1, 0.15) is 62.2 Å². The molecule has 3 aromatic rings. The molecule has 1 N–H and O–H groups in total. The number of fused-ring (bicyclic) bond motifs is 1. The SMILES string of the molecule is C=C(CC(C)(C)C)CC1(C(=C)NCc2nc(-c3ccc(CC)c(S)c3)cs2)Cc2cc(F)c(F)cc2C1. The monoisotopic (exact) mass is 538 g/mol. The third-order valence-corrected chi connectivity index (χ3v) is 8.34. The van der Waals surface area contributed by atoms with E-state index in [4.69, 9.17) is 4.98 Å². The first-order chi connectivity index (χ1) is 17.4. The first-order valence-corrected chi connectivity index (χ1v) is 14.1. The highest BCUT2D eigenvalue weighted by molar-refractivity contribution is 7.80. The zero-order chi connectivity index (χ0) is 27.0. The van der Waals surface area contributed by atoms with E-state index in [1.165, 1.54) is 17.7 Å². The highest BCUT2D eigenvalue weighted by Crippen LogP contribution is 2.47. The number of thiol groups is 1. The molecule has 0 fully saturated rings. The summed E-state index contributed by atoms with van der Waals surface area (Å²) < 4.78 is 28.1. The number of nitrogens with one attached hydrogen (secondary N) is 1. The van der Waals surface area contributed by atoms with Crippen LogP contribution >= 0.6 is 24.0 Å². The van der Waals surface area contributed by atoms with E-state index in [9.17, 15) is 8.78 Å². The van der Waals surface area contributed by atoms with Crippen LogP contribution < -0.4 is 5.32 Å². The van der Waals surface area contributed by atoms with Crippen molar-refractivity contribution in [1.82, 2.24) is 10.3 Å². The molecule has 0 spiro atoms. The zero-order valence-corrected chi connectivity index (χ0v) is 23.9. The summed E-state index contributed by atoms with van der Waals surface area (Å²) in [5.74, 6) is -1.60. The van der Waals surface area contributed by atoms with Gasteiger partial charge < -0.3 is 5.32 Å². The van der Waals surface area contributed by atoms with Crippen molar-refractivity contribution in [3.05, 3.63) is 93.5 Å². The van der Waals surface area contributed by atoms with Crippen LogP contribution in [0.2, 0.25) is 0 Å². The minimum atomic E-state index is -0.798. The van der Waals surface area contributed by atoms with E-state index in [-0.39, 0.29) is 10.8 Å². The maximum absolute atomic E-state index is 14.0. The van der Waals surface area contributed by atoms with Crippen LogP contribution in [0.4, 0.5) is 8.78 Å². The molecule has 0 bridgehead atoms.